The van der Waals surface area contributed by atoms with Crippen molar-refractivity contribution in [1.82, 2.24) is 0 Å². The zero-order valence-corrected chi connectivity index (χ0v) is 9.02. The summed E-state index contributed by atoms with van der Waals surface area (Å²) in [6.45, 7) is 2.20. The Kier molecular flexibility index (Phi) is 2.82. The van der Waals surface area contributed by atoms with Gasteiger partial charge < -0.3 is 0 Å². The summed E-state index contributed by atoms with van der Waals surface area (Å²) >= 11 is 7.46. The van der Waals surface area contributed by atoms with Gasteiger partial charge in [-0.25, -0.2) is 0 Å². The van der Waals surface area contributed by atoms with Gasteiger partial charge in [0.05, 0.1) is 0 Å². The van der Waals surface area contributed by atoms with Crippen LogP contribution < -0.4 is 0 Å². The van der Waals surface area contributed by atoms with E-state index in [9.17, 15) is 0 Å². The van der Waals surface area contributed by atoms with Gasteiger partial charge in [0.15, 0.2) is 0 Å². The van der Waals surface area contributed by atoms with Gasteiger partial charge in [-0.05, 0) is 0 Å². The van der Waals surface area contributed by atoms with Crippen molar-refractivity contribution in [3.05, 3.63) is 34.9 Å². The minimum absolute atomic E-state index is 0.657. The van der Waals surface area contributed by atoms with Crippen LogP contribution in [0.2, 0.25) is 5.02 Å². The molecule has 2 heteroatoms. The molecule has 0 amide bonds. The van der Waals surface area contributed by atoms with Gasteiger partial charge in [0.2, 0.25) is 0 Å². The van der Waals surface area contributed by atoms with Crippen LogP contribution in [0.3, 0.4) is 0 Å². The van der Waals surface area contributed by atoms with Crippen LogP contribution in [0.4, 0.5) is 0 Å². The van der Waals surface area contributed by atoms with Crippen molar-refractivity contribution in [3.8, 4) is 0 Å². The van der Waals surface area contributed by atoms with Crippen molar-refractivity contribution in [1.29, 1.82) is 0 Å². The Morgan fingerprint density at radius 1 is 1.30 bits per heavy atom. The molecule has 0 radical (unpaired) electrons. The molecule has 2 atom stereocenters. The number of benzene rings is 1. The first kappa shape index (κ1) is 8.17. The maximum absolute atomic E-state index is 5.72. The Labute approximate surface area is 75.1 Å². The van der Waals surface area contributed by atoms with E-state index in [4.69, 9.17) is 11.6 Å². The van der Waals surface area contributed by atoms with Gasteiger partial charge in [-0.3, -0.25) is 0 Å². The van der Waals surface area contributed by atoms with Crippen LogP contribution in [-0.2, 0) is 0 Å². The molecule has 0 aliphatic carbocycles. The van der Waals surface area contributed by atoms with E-state index in [1.165, 1.54) is 5.56 Å². The molecule has 2 unspecified atom stereocenters. The molecule has 0 saturated carbocycles. The predicted octanol–water partition coefficient (Wildman–Crippen LogP) is 2.03. The Bertz CT molecular complexity index is 203. The summed E-state index contributed by atoms with van der Waals surface area (Å²) in [6, 6.07) is 8.03. The molecule has 0 spiro atoms. The van der Waals surface area contributed by atoms with E-state index >= 15 is 0 Å². The monoisotopic (exact) mass is 216 g/mol. The molecule has 0 N–H and O–H groups in total. The second-order valence-corrected chi connectivity index (χ2v) is 4.87. The van der Waals surface area contributed by atoms with Gasteiger partial charge in [-0.1, -0.05) is 0 Å². The fraction of sp³-hybridized carbons (Fsp3) is 0.250. The first-order valence-electron chi connectivity index (χ1n) is 3.21. The first-order chi connectivity index (χ1) is 4.70. The van der Waals surface area contributed by atoms with Gasteiger partial charge >= 0.3 is 74.9 Å². The molecule has 0 nitrogen and oxygen atoms in total. The van der Waals surface area contributed by atoms with Gasteiger partial charge in [-0.15, -0.1) is 0 Å². The van der Waals surface area contributed by atoms with Crippen LogP contribution in [0.15, 0.2) is 24.3 Å². The Morgan fingerprint density at radius 2 is 1.80 bits per heavy atom. The molecule has 0 aliphatic rings. The third-order valence-corrected chi connectivity index (χ3v) is 2.46. The molecule has 1 aromatic carbocycles. The number of hydrogen-bond donors (Lipinski definition) is 0. The first-order valence-corrected chi connectivity index (χ1v) is 4.99. The molecule has 0 bridgehead atoms. The predicted molar refractivity (Wildman–Crippen MR) is 48.4 cm³/mol. The van der Waals surface area contributed by atoms with E-state index < -0.39 is 0 Å². The summed E-state index contributed by atoms with van der Waals surface area (Å²) in [7, 11) is 0. The van der Waals surface area contributed by atoms with Crippen LogP contribution in [0, 0.1) is 0 Å². The second-order valence-electron chi connectivity index (χ2n) is 2.34. The molecule has 1 aromatic rings. The molecular weight excluding hydrogens is 206 g/mol. The van der Waals surface area contributed by atoms with Crippen LogP contribution in [-0.4, -0.2) is 16.9 Å². The van der Waals surface area contributed by atoms with Crippen molar-refractivity contribution in [2.75, 3.05) is 0 Å². The quantitative estimate of drug-likeness (QED) is 0.630. The summed E-state index contributed by atoms with van der Waals surface area (Å²) in [5.41, 5.74) is 1.37. The standard InChI is InChI=1S/C8H10AsCl/c1-6(9)7-2-4-8(10)5-3-7/h2-6H,9H2,1H3. The fourth-order valence-electron chi connectivity index (χ4n) is 0.766. The van der Waals surface area contributed by atoms with E-state index in [0.717, 1.165) is 5.02 Å². The normalized spacial score (nSPS) is 13.1. The fourth-order valence-corrected chi connectivity index (χ4v) is 1.36. The second kappa shape index (κ2) is 3.46. The van der Waals surface area contributed by atoms with Crippen molar-refractivity contribution < 1.29 is 0 Å². The summed E-state index contributed by atoms with van der Waals surface area (Å²) in [4.78, 5) is 0. The van der Waals surface area contributed by atoms with E-state index in [2.05, 4.69) is 19.1 Å². The Hall–Kier alpha value is 0.0684. The van der Waals surface area contributed by atoms with Gasteiger partial charge in [0.1, 0.15) is 0 Å². The number of halogens is 1. The van der Waals surface area contributed by atoms with E-state index in [1.54, 1.807) is 16.9 Å². The minimum atomic E-state index is 0.657. The van der Waals surface area contributed by atoms with Crippen LogP contribution in [0.5, 0.6) is 0 Å². The van der Waals surface area contributed by atoms with Crippen molar-refractivity contribution >= 4 is 28.5 Å². The van der Waals surface area contributed by atoms with Gasteiger partial charge in [-0.2, -0.15) is 0 Å². The van der Waals surface area contributed by atoms with Gasteiger partial charge in [0, 0.05) is 0 Å². The molecule has 0 fully saturated rings. The van der Waals surface area contributed by atoms with Crippen LogP contribution >= 0.6 is 11.6 Å². The third kappa shape index (κ3) is 2.04. The molecular formula is C8H10AsCl. The maximum atomic E-state index is 5.72. The average Bonchev–Trinajstić information content (AvgIpc) is 1.88. The summed E-state index contributed by atoms with van der Waals surface area (Å²) < 4.78 is 0.657. The molecule has 1 rings (SSSR count). The summed E-state index contributed by atoms with van der Waals surface area (Å²) in [6.07, 6.45) is 0. The van der Waals surface area contributed by atoms with Crippen LogP contribution in [0.25, 0.3) is 0 Å². The van der Waals surface area contributed by atoms with Gasteiger partial charge in [0.25, 0.3) is 0 Å². The topological polar surface area (TPSA) is 0 Å². The average molecular weight is 217 g/mol. The molecule has 0 aromatic heterocycles. The van der Waals surface area contributed by atoms with Crippen molar-refractivity contribution in [2.24, 2.45) is 0 Å². The molecule has 0 heterocycles. The summed E-state index contributed by atoms with van der Waals surface area (Å²) in [5.74, 6) is 0. The third-order valence-electron chi connectivity index (χ3n) is 1.40. The molecule has 0 aliphatic heterocycles. The zero-order chi connectivity index (χ0) is 7.56. The Balaban J connectivity index is 2.89. The molecule has 10 heavy (non-hydrogen) atoms. The zero-order valence-electron chi connectivity index (χ0n) is 5.84. The number of hydrogen-bond acceptors (Lipinski definition) is 0. The van der Waals surface area contributed by atoms with Crippen molar-refractivity contribution in [2.45, 2.75) is 11.6 Å². The summed E-state index contributed by atoms with van der Waals surface area (Å²) in [5, 5.41) is 0.817. The van der Waals surface area contributed by atoms with E-state index in [1.807, 2.05) is 12.1 Å². The molecule has 0 saturated heterocycles. The Morgan fingerprint density at radius 3 is 2.20 bits per heavy atom. The van der Waals surface area contributed by atoms with Crippen molar-refractivity contribution in [3.63, 3.8) is 0 Å². The molecule has 54 valence electrons. The number of rotatable bonds is 1. The van der Waals surface area contributed by atoms with Crippen LogP contribution in [0.1, 0.15) is 17.2 Å². The van der Waals surface area contributed by atoms with E-state index in [-0.39, 0.29) is 0 Å². The van der Waals surface area contributed by atoms with E-state index in [0.29, 0.717) is 4.71 Å². The SMILES string of the molecule is CC([AsH2])c1ccc(Cl)cc1.